The average Bonchev–Trinajstić information content (AvgIpc) is 2.25. The lowest BCUT2D eigenvalue weighted by Gasteiger charge is -2.34. The molecule has 0 aromatic carbocycles. The van der Waals surface area contributed by atoms with Gasteiger partial charge in [0.2, 0.25) is 5.91 Å². The maximum absolute atomic E-state index is 11.7. The van der Waals surface area contributed by atoms with Gasteiger partial charge in [0.15, 0.2) is 0 Å². The number of piperidine rings is 1. The Morgan fingerprint density at radius 1 is 1.31 bits per heavy atom. The minimum absolute atomic E-state index is 0.174. The van der Waals surface area contributed by atoms with Crippen molar-refractivity contribution in [3.63, 3.8) is 0 Å². The van der Waals surface area contributed by atoms with Crippen molar-refractivity contribution in [3.05, 3.63) is 0 Å². The van der Waals surface area contributed by atoms with Gasteiger partial charge < -0.3 is 10.6 Å². The highest BCUT2D eigenvalue weighted by Crippen LogP contribution is 2.17. The van der Waals surface area contributed by atoms with Gasteiger partial charge in [0, 0.05) is 25.6 Å². The number of nitrogens with two attached hydrogens (primary N) is 1. The van der Waals surface area contributed by atoms with Gasteiger partial charge in [-0.1, -0.05) is 39.5 Å². The number of hydrogen-bond acceptors (Lipinski definition) is 2. The molecule has 1 aliphatic heterocycles. The third kappa shape index (κ3) is 4.12. The number of unbranched alkanes of at least 4 members (excludes halogenated alkanes) is 4. The highest BCUT2D eigenvalue weighted by molar-refractivity contribution is 5.77. The van der Waals surface area contributed by atoms with Gasteiger partial charge in [0.25, 0.3) is 0 Å². The number of hydrogen-bond donors (Lipinski definition) is 1. The molecule has 1 amide bonds. The summed E-state index contributed by atoms with van der Waals surface area (Å²) in [5, 5.41) is 0. The van der Waals surface area contributed by atoms with Crippen molar-refractivity contribution in [2.45, 2.75) is 58.4 Å². The third-order valence-corrected chi connectivity index (χ3v) is 3.54. The fourth-order valence-corrected chi connectivity index (χ4v) is 2.21. The number of likely N-dealkylation sites (tertiary alicyclic amines) is 1. The Kier molecular flexibility index (Phi) is 5.81. The summed E-state index contributed by atoms with van der Waals surface area (Å²) in [5.74, 6) is 0.647. The highest BCUT2D eigenvalue weighted by atomic mass is 16.2. The van der Waals surface area contributed by atoms with Crippen LogP contribution in [0.4, 0.5) is 0 Å². The molecule has 1 rings (SSSR count). The largest absolute Gasteiger partial charge is 0.341 e. The van der Waals surface area contributed by atoms with Crippen LogP contribution >= 0.6 is 0 Å². The maximum atomic E-state index is 11.7. The van der Waals surface area contributed by atoms with Crippen LogP contribution in [0, 0.1) is 5.92 Å². The predicted octanol–water partition coefficient (Wildman–Crippen LogP) is 2.15. The van der Waals surface area contributed by atoms with E-state index in [1.807, 2.05) is 4.90 Å². The minimum atomic E-state index is 0.174. The SMILES string of the molecule is CCCCCCCN1CC(N)C(C)CC1=O. The lowest BCUT2D eigenvalue weighted by atomic mass is 9.93. The van der Waals surface area contributed by atoms with E-state index < -0.39 is 0 Å². The van der Waals surface area contributed by atoms with Crippen molar-refractivity contribution in [2.24, 2.45) is 11.7 Å². The molecule has 1 heterocycles. The van der Waals surface area contributed by atoms with E-state index in [9.17, 15) is 4.79 Å². The van der Waals surface area contributed by atoms with E-state index in [1.54, 1.807) is 0 Å². The van der Waals surface area contributed by atoms with Gasteiger partial charge in [-0.2, -0.15) is 0 Å². The lowest BCUT2D eigenvalue weighted by molar-refractivity contribution is -0.135. The predicted molar refractivity (Wildman–Crippen MR) is 67.1 cm³/mol. The fraction of sp³-hybridized carbons (Fsp3) is 0.923. The first-order valence-corrected chi connectivity index (χ1v) is 6.68. The van der Waals surface area contributed by atoms with Gasteiger partial charge in [-0.05, 0) is 12.3 Å². The molecule has 2 N–H and O–H groups in total. The summed E-state index contributed by atoms with van der Waals surface area (Å²) in [7, 11) is 0. The summed E-state index contributed by atoms with van der Waals surface area (Å²) in [6.45, 7) is 5.95. The summed E-state index contributed by atoms with van der Waals surface area (Å²) in [6, 6.07) is 0.174. The van der Waals surface area contributed by atoms with Crippen molar-refractivity contribution in [1.29, 1.82) is 0 Å². The van der Waals surface area contributed by atoms with Gasteiger partial charge >= 0.3 is 0 Å². The van der Waals surface area contributed by atoms with E-state index in [0.717, 1.165) is 19.5 Å². The zero-order valence-electron chi connectivity index (χ0n) is 10.7. The summed E-state index contributed by atoms with van der Waals surface area (Å²) in [5.41, 5.74) is 5.99. The molecule has 0 radical (unpaired) electrons. The lowest BCUT2D eigenvalue weighted by Crippen LogP contribution is -2.50. The van der Waals surface area contributed by atoms with Gasteiger partial charge in [-0.15, -0.1) is 0 Å². The number of amides is 1. The van der Waals surface area contributed by atoms with Crippen LogP contribution in [0.15, 0.2) is 0 Å². The molecule has 0 aromatic rings. The monoisotopic (exact) mass is 226 g/mol. The number of carbonyl (C=O) groups is 1. The van der Waals surface area contributed by atoms with Crippen LogP contribution < -0.4 is 5.73 Å². The van der Waals surface area contributed by atoms with Crippen LogP contribution in [0.1, 0.15) is 52.4 Å². The van der Waals surface area contributed by atoms with Crippen LogP contribution in [0.5, 0.6) is 0 Å². The number of carbonyl (C=O) groups excluding carboxylic acids is 1. The molecule has 1 saturated heterocycles. The molecule has 2 atom stereocenters. The molecule has 16 heavy (non-hydrogen) atoms. The van der Waals surface area contributed by atoms with E-state index in [4.69, 9.17) is 5.73 Å². The normalized spacial score (nSPS) is 26.2. The van der Waals surface area contributed by atoms with E-state index in [0.29, 0.717) is 18.2 Å². The van der Waals surface area contributed by atoms with Crippen LogP contribution in [-0.4, -0.2) is 29.9 Å². The Bertz CT molecular complexity index is 218. The Labute approximate surface area is 99.4 Å². The van der Waals surface area contributed by atoms with E-state index in [2.05, 4.69) is 13.8 Å². The van der Waals surface area contributed by atoms with Gasteiger partial charge in [0.1, 0.15) is 0 Å². The van der Waals surface area contributed by atoms with Crippen LogP contribution in [-0.2, 0) is 4.79 Å². The topological polar surface area (TPSA) is 46.3 Å². The van der Waals surface area contributed by atoms with Crippen LogP contribution in [0.25, 0.3) is 0 Å². The molecular formula is C13H26N2O. The molecule has 3 heteroatoms. The summed E-state index contributed by atoms with van der Waals surface area (Å²) < 4.78 is 0. The molecule has 1 aliphatic rings. The molecule has 3 nitrogen and oxygen atoms in total. The second-order valence-electron chi connectivity index (χ2n) is 5.10. The first kappa shape index (κ1) is 13.5. The molecule has 0 aromatic heterocycles. The smallest absolute Gasteiger partial charge is 0.222 e. The minimum Gasteiger partial charge on any atom is -0.341 e. The van der Waals surface area contributed by atoms with Gasteiger partial charge in [-0.3, -0.25) is 4.79 Å². The Morgan fingerprint density at radius 2 is 2.00 bits per heavy atom. The van der Waals surface area contributed by atoms with Crippen molar-refractivity contribution in [1.82, 2.24) is 4.90 Å². The standard InChI is InChI=1S/C13H26N2O/c1-3-4-5-6-7-8-15-10-12(14)11(2)9-13(15)16/h11-12H,3-10,14H2,1-2H3. The summed E-state index contributed by atoms with van der Waals surface area (Å²) in [4.78, 5) is 13.7. The van der Waals surface area contributed by atoms with E-state index in [1.165, 1.54) is 25.7 Å². The molecule has 0 bridgehead atoms. The van der Waals surface area contributed by atoms with Crippen LogP contribution in [0.3, 0.4) is 0 Å². The molecule has 94 valence electrons. The molecule has 2 unspecified atom stereocenters. The molecule has 0 spiro atoms. The molecule has 1 fully saturated rings. The second kappa shape index (κ2) is 6.89. The third-order valence-electron chi connectivity index (χ3n) is 3.54. The zero-order valence-corrected chi connectivity index (χ0v) is 10.7. The Morgan fingerprint density at radius 3 is 2.69 bits per heavy atom. The van der Waals surface area contributed by atoms with Crippen LogP contribution in [0.2, 0.25) is 0 Å². The average molecular weight is 226 g/mol. The highest BCUT2D eigenvalue weighted by Gasteiger charge is 2.28. The van der Waals surface area contributed by atoms with Crippen molar-refractivity contribution in [2.75, 3.05) is 13.1 Å². The fourth-order valence-electron chi connectivity index (χ4n) is 2.21. The number of nitrogens with zero attached hydrogens (tertiary/aromatic N) is 1. The van der Waals surface area contributed by atoms with Gasteiger partial charge in [0.05, 0.1) is 0 Å². The second-order valence-corrected chi connectivity index (χ2v) is 5.10. The van der Waals surface area contributed by atoms with Crippen molar-refractivity contribution in [3.8, 4) is 0 Å². The Balaban J connectivity index is 2.18. The van der Waals surface area contributed by atoms with E-state index >= 15 is 0 Å². The molecule has 0 saturated carbocycles. The number of rotatable bonds is 6. The molecular weight excluding hydrogens is 200 g/mol. The van der Waals surface area contributed by atoms with Crippen molar-refractivity contribution >= 4 is 5.91 Å². The maximum Gasteiger partial charge on any atom is 0.222 e. The summed E-state index contributed by atoms with van der Waals surface area (Å²) >= 11 is 0. The Hall–Kier alpha value is -0.570. The first-order valence-electron chi connectivity index (χ1n) is 6.68. The zero-order chi connectivity index (χ0) is 12.0. The van der Waals surface area contributed by atoms with Gasteiger partial charge in [-0.25, -0.2) is 0 Å². The summed E-state index contributed by atoms with van der Waals surface area (Å²) in [6.07, 6.45) is 6.88. The first-order chi connectivity index (χ1) is 7.65. The quantitative estimate of drug-likeness (QED) is 0.705. The molecule has 0 aliphatic carbocycles. The van der Waals surface area contributed by atoms with E-state index in [-0.39, 0.29) is 6.04 Å². The van der Waals surface area contributed by atoms with Crippen molar-refractivity contribution < 1.29 is 4.79 Å².